The first-order valence-corrected chi connectivity index (χ1v) is 6.42. The molecule has 0 spiro atoms. The van der Waals surface area contributed by atoms with Crippen LogP contribution in [-0.4, -0.2) is 22.8 Å². The summed E-state index contributed by atoms with van der Waals surface area (Å²) in [5.74, 6) is -0.645. The Balaban J connectivity index is 2.93. The van der Waals surface area contributed by atoms with Crippen LogP contribution in [0.4, 0.5) is 0 Å². The summed E-state index contributed by atoms with van der Waals surface area (Å²) in [4.78, 5) is 10.7. The number of aliphatic hydroxyl groups excluding tert-OH is 1. The molecule has 3 nitrogen and oxygen atoms in total. The molecule has 1 rings (SSSR count). The van der Waals surface area contributed by atoms with Gasteiger partial charge in [-0.05, 0) is 24.3 Å². The Bertz CT molecular complexity index is 379. The van der Waals surface area contributed by atoms with Crippen LogP contribution in [0.15, 0.2) is 36.0 Å². The van der Waals surface area contributed by atoms with E-state index in [1.165, 1.54) is 0 Å². The summed E-state index contributed by atoms with van der Waals surface area (Å²) in [5.41, 5.74) is 0.680. The van der Waals surface area contributed by atoms with Gasteiger partial charge in [0.25, 0.3) is 0 Å². The Labute approximate surface area is 109 Å². The molecule has 0 aromatic heterocycles. The number of hydrogen-bond donors (Lipinski definition) is 2. The van der Waals surface area contributed by atoms with Crippen LogP contribution in [0.1, 0.15) is 33.1 Å². The molecule has 0 aromatic rings. The van der Waals surface area contributed by atoms with Gasteiger partial charge >= 0.3 is 5.97 Å². The normalized spacial score (nSPS) is 27.5. The second kappa shape index (κ2) is 6.55. The van der Waals surface area contributed by atoms with Crippen molar-refractivity contribution >= 4 is 5.97 Å². The molecule has 2 unspecified atom stereocenters. The zero-order valence-electron chi connectivity index (χ0n) is 11.1. The van der Waals surface area contributed by atoms with Crippen molar-refractivity contribution in [2.75, 3.05) is 6.61 Å². The third-order valence-electron chi connectivity index (χ3n) is 3.64. The zero-order valence-corrected chi connectivity index (χ0v) is 11.1. The van der Waals surface area contributed by atoms with Gasteiger partial charge in [0.05, 0.1) is 6.61 Å². The van der Waals surface area contributed by atoms with E-state index in [4.69, 9.17) is 5.11 Å². The smallest absolute Gasteiger partial charge is 0.303 e. The molecular formula is C15H22O3. The van der Waals surface area contributed by atoms with E-state index in [0.717, 1.165) is 12.0 Å². The van der Waals surface area contributed by atoms with Gasteiger partial charge in [0.15, 0.2) is 0 Å². The van der Waals surface area contributed by atoms with E-state index >= 15 is 0 Å². The summed E-state index contributed by atoms with van der Waals surface area (Å²) in [6.07, 6.45) is 11.8. The van der Waals surface area contributed by atoms with E-state index in [9.17, 15) is 9.90 Å². The Morgan fingerprint density at radius 3 is 2.83 bits per heavy atom. The first-order valence-electron chi connectivity index (χ1n) is 6.42. The summed E-state index contributed by atoms with van der Waals surface area (Å²) in [6.45, 7) is 4.14. The standard InChI is InChI=1S/C15H22O3/c1-3-4-10-15(2)12(8-9-14(17)18)6-5-7-13(15)11-16/h4-7,10,12,16H,3,8-9,11H2,1-2H3,(H,17,18). The Hall–Kier alpha value is -1.35. The molecule has 0 radical (unpaired) electrons. The molecule has 0 heterocycles. The third kappa shape index (κ3) is 3.33. The fourth-order valence-corrected chi connectivity index (χ4v) is 2.41. The highest BCUT2D eigenvalue weighted by Gasteiger charge is 2.34. The molecule has 0 fully saturated rings. The van der Waals surface area contributed by atoms with E-state index in [0.29, 0.717) is 6.42 Å². The molecule has 2 atom stereocenters. The maximum Gasteiger partial charge on any atom is 0.303 e. The maximum atomic E-state index is 10.7. The molecule has 1 aliphatic carbocycles. The number of aliphatic carboxylic acids is 1. The van der Waals surface area contributed by atoms with E-state index in [-0.39, 0.29) is 24.4 Å². The molecular weight excluding hydrogens is 228 g/mol. The first kappa shape index (κ1) is 14.7. The van der Waals surface area contributed by atoms with Gasteiger partial charge in [-0.15, -0.1) is 0 Å². The molecule has 0 bridgehead atoms. The second-order valence-electron chi connectivity index (χ2n) is 4.87. The highest BCUT2D eigenvalue weighted by molar-refractivity contribution is 5.66. The Kier molecular flexibility index (Phi) is 5.35. The van der Waals surface area contributed by atoms with Gasteiger partial charge in [-0.3, -0.25) is 4.79 Å². The quantitative estimate of drug-likeness (QED) is 0.713. The lowest BCUT2D eigenvalue weighted by atomic mass is 9.67. The highest BCUT2D eigenvalue weighted by atomic mass is 16.4. The van der Waals surface area contributed by atoms with Gasteiger partial charge in [0.1, 0.15) is 0 Å². The van der Waals surface area contributed by atoms with Crippen LogP contribution in [0.5, 0.6) is 0 Å². The SMILES string of the molecule is CCC=CC1(C)C(CO)=CC=CC1CCC(=O)O. The molecule has 0 saturated heterocycles. The summed E-state index contributed by atoms with van der Waals surface area (Å²) < 4.78 is 0. The molecule has 0 aliphatic heterocycles. The monoisotopic (exact) mass is 250 g/mol. The molecule has 0 amide bonds. The first-order chi connectivity index (χ1) is 8.54. The van der Waals surface area contributed by atoms with Crippen LogP contribution in [0, 0.1) is 11.3 Å². The van der Waals surface area contributed by atoms with Gasteiger partial charge in [-0.25, -0.2) is 0 Å². The minimum Gasteiger partial charge on any atom is -0.481 e. The minimum absolute atomic E-state index is 0.0124. The van der Waals surface area contributed by atoms with Crippen molar-refractivity contribution in [3.63, 3.8) is 0 Å². The summed E-state index contributed by atoms with van der Waals surface area (Å²) in [5, 5.41) is 18.3. The van der Waals surface area contributed by atoms with Gasteiger partial charge < -0.3 is 10.2 Å². The maximum absolute atomic E-state index is 10.7. The molecule has 18 heavy (non-hydrogen) atoms. The lowest BCUT2D eigenvalue weighted by Gasteiger charge is -2.37. The van der Waals surface area contributed by atoms with E-state index in [1.54, 1.807) is 0 Å². The number of carbonyl (C=O) groups is 1. The molecule has 0 aromatic carbocycles. The minimum atomic E-state index is -0.773. The Morgan fingerprint density at radius 2 is 2.28 bits per heavy atom. The van der Waals surface area contributed by atoms with Crippen molar-refractivity contribution in [2.24, 2.45) is 11.3 Å². The summed E-state index contributed by atoms with van der Waals surface area (Å²) >= 11 is 0. The number of carboxylic acids is 1. The Morgan fingerprint density at radius 1 is 1.56 bits per heavy atom. The van der Waals surface area contributed by atoms with Crippen LogP contribution in [0.25, 0.3) is 0 Å². The molecule has 100 valence electrons. The fourth-order valence-electron chi connectivity index (χ4n) is 2.41. The van der Waals surface area contributed by atoms with E-state index in [1.807, 2.05) is 18.2 Å². The zero-order chi connectivity index (χ0) is 13.6. The number of allylic oxidation sites excluding steroid dienone is 5. The summed E-state index contributed by atoms with van der Waals surface area (Å²) in [7, 11) is 0. The number of hydrogen-bond acceptors (Lipinski definition) is 2. The number of aliphatic hydroxyl groups is 1. The van der Waals surface area contributed by atoms with Crippen LogP contribution in [0.3, 0.4) is 0 Å². The topological polar surface area (TPSA) is 57.5 Å². The predicted molar refractivity (Wildman–Crippen MR) is 72.2 cm³/mol. The van der Waals surface area contributed by atoms with Gasteiger partial charge in [-0.1, -0.05) is 44.2 Å². The van der Waals surface area contributed by atoms with Crippen molar-refractivity contribution in [3.05, 3.63) is 36.0 Å². The van der Waals surface area contributed by atoms with E-state index in [2.05, 4.69) is 26.0 Å². The molecule has 0 saturated carbocycles. The fraction of sp³-hybridized carbons (Fsp3) is 0.533. The highest BCUT2D eigenvalue weighted by Crippen LogP contribution is 2.42. The van der Waals surface area contributed by atoms with Crippen LogP contribution < -0.4 is 0 Å². The largest absolute Gasteiger partial charge is 0.481 e. The van der Waals surface area contributed by atoms with Crippen molar-refractivity contribution < 1.29 is 15.0 Å². The lowest BCUT2D eigenvalue weighted by molar-refractivity contribution is -0.137. The average Bonchev–Trinajstić information content (AvgIpc) is 2.35. The second-order valence-corrected chi connectivity index (χ2v) is 4.87. The van der Waals surface area contributed by atoms with Crippen molar-refractivity contribution in [1.29, 1.82) is 0 Å². The van der Waals surface area contributed by atoms with Crippen molar-refractivity contribution in [1.82, 2.24) is 0 Å². The molecule has 2 N–H and O–H groups in total. The van der Waals surface area contributed by atoms with Crippen LogP contribution in [0.2, 0.25) is 0 Å². The van der Waals surface area contributed by atoms with Crippen LogP contribution in [-0.2, 0) is 4.79 Å². The van der Waals surface area contributed by atoms with Crippen molar-refractivity contribution in [2.45, 2.75) is 33.1 Å². The van der Waals surface area contributed by atoms with Crippen LogP contribution >= 0.6 is 0 Å². The van der Waals surface area contributed by atoms with Gasteiger partial charge in [-0.2, -0.15) is 0 Å². The summed E-state index contributed by atoms with van der Waals surface area (Å²) in [6, 6.07) is 0. The molecule has 1 aliphatic rings. The number of carboxylic acid groups (broad SMARTS) is 1. The lowest BCUT2D eigenvalue weighted by Crippen LogP contribution is -2.30. The van der Waals surface area contributed by atoms with E-state index < -0.39 is 5.97 Å². The van der Waals surface area contributed by atoms with Gasteiger partial charge in [0, 0.05) is 11.8 Å². The predicted octanol–water partition coefficient (Wildman–Crippen LogP) is 2.93. The van der Waals surface area contributed by atoms with Gasteiger partial charge in [0.2, 0.25) is 0 Å². The molecule has 3 heteroatoms. The van der Waals surface area contributed by atoms with Crippen molar-refractivity contribution in [3.8, 4) is 0 Å². The third-order valence-corrected chi connectivity index (χ3v) is 3.64. The average molecular weight is 250 g/mol. The number of rotatable bonds is 6.